The van der Waals surface area contributed by atoms with E-state index in [9.17, 15) is 30.8 Å². The van der Waals surface area contributed by atoms with Gasteiger partial charge in [0.25, 0.3) is 0 Å². The van der Waals surface area contributed by atoms with Gasteiger partial charge in [0.2, 0.25) is 15.8 Å². The van der Waals surface area contributed by atoms with Crippen molar-refractivity contribution in [3.8, 4) is 0 Å². The second-order valence-electron chi connectivity index (χ2n) is 8.40. The first-order valence-electron chi connectivity index (χ1n) is 11.4. The molecule has 0 aliphatic carbocycles. The fraction of sp³-hybridized carbons (Fsp3) is 0.115. The van der Waals surface area contributed by atoms with Crippen LogP contribution < -0.4 is 10.5 Å². The van der Waals surface area contributed by atoms with Gasteiger partial charge in [-0.15, -0.1) is 0 Å². The van der Waals surface area contributed by atoms with Crippen LogP contribution in [0.5, 0.6) is 0 Å². The number of carbonyl (C=O) groups is 1. The van der Waals surface area contributed by atoms with Crippen molar-refractivity contribution in [1.82, 2.24) is 14.7 Å². The Bertz CT molecular complexity index is 1760. The first-order chi connectivity index (χ1) is 18.9. The largest absolute Gasteiger partial charge is 0.416 e. The maximum atomic E-state index is 15.4. The van der Waals surface area contributed by atoms with Crippen LogP contribution in [0.2, 0.25) is 0 Å². The molecule has 0 spiro atoms. The number of aromatic nitrogens is 2. The lowest BCUT2D eigenvalue weighted by Gasteiger charge is -2.12. The van der Waals surface area contributed by atoms with Crippen LogP contribution in [0.1, 0.15) is 32.6 Å². The standard InChI is InChI=1S/C26H20F5N5O3S/c1-33-10-16(9-32)15-8-19-20(13-35-25(19)34-11-15)24(37)22-21(27)7-2-14(23(22)28)12-36-40(38,39)18-5-3-17(4-6-18)26(29,30)31/h2-11,13,36H,12,32H2,1H3,(H,34,35). The highest BCUT2D eigenvalue weighted by Crippen LogP contribution is 2.30. The number of benzene rings is 2. The molecule has 0 radical (unpaired) electrons. The van der Waals surface area contributed by atoms with Crippen LogP contribution in [0, 0.1) is 11.6 Å². The molecule has 0 fully saturated rings. The molecule has 8 nitrogen and oxygen atoms in total. The summed E-state index contributed by atoms with van der Waals surface area (Å²) < 4.78 is 95.7. The highest BCUT2D eigenvalue weighted by atomic mass is 32.2. The Morgan fingerprint density at radius 2 is 1.85 bits per heavy atom. The van der Waals surface area contributed by atoms with Gasteiger partial charge in [-0.3, -0.25) is 9.79 Å². The molecule has 208 valence electrons. The van der Waals surface area contributed by atoms with Gasteiger partial charge in [-0.1, -0.05) is 6.07 Å². The van der Waals surface area contributed by atoms with E-state index in [0.717, 1.165) is 24.3 Å². The van der Waals surface area contributed by atoms with Gasteiger partial charge in [0.1, 0.15) is 17.3 Å². The number of ketones is 1. The summed E-state index contributed by atoms with van der Waals surface area (Å²) in [5, 5.41) is 0.249. The maximum Gasteiger partial charge on any atom is 0.416 e. The van der Waals surface area contributed by atoms with E-state index in [1.165, 1.54) is 31.9 Å². The maximum absolute atomic E-state index is 15.4. The summed E-state index contributed by atoms with van der Waals surface area (Å²) in [6, 6.07) is 5.98. The van der Waals surface area contributed by atoms with E-state index in [1.54, 1.807) is 6.07 Å². The normalized spacial score (nSPS) is 12.9. The van der Waals surface area contributed by atoms with Crippen molar-refractivity contribution in [2.75, 3.05) is 7.05 Å². The molecule has 4 aromatic rings. The van der Waals surface area contributed by atoms with E-state index in [-0.39, 0.29) is 22.2 Å². The van der Waals surface area contributed by atoms with Crippen LogP contribution in [0.25, 0.3) is 16.6 Å². The van der Waals surface area contributed by atoms with E-state index in [4.69, 9.17) is 5.73 Å². The summed E-state index contributed by atoms with van der Waals surface area (Å²) in [5.74, 6) is -3.52. The number of halogens is 5. The molecule has 0 bridgehead atoms. The quantitative estimate of drug-likeness (QED) is 0.161. The fourth-order valence-corrected chi connectivity index (χ4v) is 4.86. The molecule has 2 aromatic carbocycles. The van der Waals surface area contributed by atoms with Crippen molar-refractivity contribution in [3.63, 3.8) is 0 Å². The molecule has 14 heteroatoms. The van der Waals surface area contributed by atoms with Gasteiger partial charge < -0.3 is 10.7 Å². The fourth-order valence-electron chi connectivity index (χ4n) is 3.86. The van der Waals surface area contributed by atoms with Gasteiger partial charge in [0, 0.05) is 66.1 Å². The van der Waals surface area contributed by atoms with Gasteiger partial charge in [-0.05, 0) is 36.4 Å². The van der Waals surface area contributed by atoms with Gasteiger partial charge in [0.05, 0.1) is 16.0 Å². The minimum absolute atomic E-state index is 0.102. The number of carbonyl (C=O) groups excluding carboxylic acids is 1. The number of pyridine rings is 1. The second kappa shape index (κ2) is 11.0. The summed E-state index contributed by atoms with van der Waals surface area (Å²) in [6.07, 6.45) is 0.788. The lowest BCUT2D eigenvalue weighted by molar-refractivity contribution is -0.137. The van der Waals surface area contributed by atoms with Crippen LogP contribution in [-0.2, 0) is 22.7 Å². The number of aliphatic imine (C=N–C) groups is 1. The average Bonchev–Trinajstić information content (AvgIpc) is 3.34. The molecule has 0 aliphatic rings. The Morgan fingerprint density at radius 3 is 2.48 bits per heavy atom. The molecule has 0 saturated heterocycles. The van der Waals surface area contributed by atoms with E-state index in [1.807, 2.05) is 4.72 Å². The molecular formula is C26H20F5N5O3S. The Hall–Kier alpha value is -4.43. The van der Waals surface area contributed by atoms with E-state index in [2.05, 4.69) is 15.0 Å². The monoisotopic (exact) mass is 577 g/mol. The summed E-state index contributed by atoms with van der Waals surface area (Å²) >= 11 is 0. The zero-order valence-electron chi connectivity index (χ0n) is 20.6. The van der Waals surface area contributed by atoms with Gasteiger partial charge in [0.15, 0.2) is 0 Å². The number of sulfonamides is 1. The highest BCUT2D eigenvalue weighted by molar-refractivity contribution is 7.89. The molecule has 40 heavy (non-hydrogen) atoms. The Kier molecular flexibility index (Phi) is 7.84. The topological polar surface area (TPSA) is 130 Å². The van der Waals surface area contributed by atoms with Crippen LogP contribution in [0.4, 0.5) is 22.0 Å². The highest BCUT2D eigenvalue weighted by Gasteiger charge is 2.31. The number of H-pyrrole nitrogens is 1. The zero-order valence-corrected chi connectivity index (χ0v) is 21.4. The van der Waals surface area contributed by atoms with Gasteiger partial charge >= 0.3 is 6.18 Å². The second-order valence-corrected chi connectivity index (χ2v) is 10.2. The SMILES string of the molecule is CN=CC(=CN)c1cnc2[nH]cc(C(=O)c3c(F)ccc(CNS(=O)(=O)c4ccc(C(F)(F)F)cc4)c3F)c2c1. The third kappa shape index (κ3) is 5.62. The number of hydrogen-bond donors (Lipinski definition) is 3. The predicted octanol–water partition coefficient (Wildman–Crippen LogP) is 4.57. The van der Waals surface area contributed by atoms with Crippen molar-refractivity contribution in [2.45, 2.75) is 17.6 Å². The van der Waals surface area contributed by atoms with Gasteiger partial charge in [-0.2, -0.15) is 13.2 Å². The van der Waals surface area contributed by atoms with E-state index < -0.39 is 56.2 Å². The molecule has 0 aliphatic heterocycles. The Labute approximate surface area is 224 Å². The zero-order chi connectivity index (χ0) is 29.2. The van der Waals surface area contributed by atoms with E-state index >= 15 is 4.39 Å². The van der Waals surface area contributed by atoms with E-state index in [0.29, 0.717) is 23.3 Å². The summed E-state index contributed by atoms with van der Waals surface area (Å²) in [5.41, 5.74) is 4.41. The number of fused-ring (bicyclic) bond motifs is 1. The number of rotatable bonds is 8. The van der Waals surface area contributed by atoms with Gasteiger partial charge in [-0.25, -0.2) is 26.9 Å². The summed E-state index contributed by atoms with van der Waals surface area (Å²) in [4.78, 5) is 23.7. The molecule has 0 atom stereocenters. The number of aromatic amines is 1. The third-order valence-electron chi connectivity index (χ3n) is 5.90. The first kappa shape index (κ1) is 28.6. The number of nitrogens with one attached hydrogen (secondary N) is 2. The summed E-state index contributed by atoms with van der Waals surface area (Å²) in [7, 11) is -2.84. The van der Waals surface area contributed by atoms with Crippen molar-refractivity contribution in [1.29, 1.82) is 0 Å². The first-order valence-corrected chi connectivity index (χ1v) is 12.9. The molecule has 2 aromatic heterocycles. The van der Waals surface area contributed by atoms with Crippen molar-refractivity contribution in [2.24, 2.45) is 10.7 Å². The number of allylic oxidation sites excluding steroid dienone is 1. The lowest BCUT2D eigenvalue weighted by atomic mass is 9.98. The molecule has 0 saturated carbocycles. The number of alkyl halides is 3. The van der Waals surface area contributed by atoms with Crippen molar-refractivity contribution in [3.05, 3.63) is 101 Å². The Morgan fingerprint density at radius 1 is 1.15 bits per heavy atom. The van der Waals surface area contributed by atoms with Crippen molar-refractivity contribution < 1.29 is 35.2 Å². The van der Waals surface area contributed by atoms with Crippen LogP contribution in [0.15, 0.2) is 70.9 Å². The molecule has 2 heterocycles. The van der Waals surface area contributed by atoms with Crippen LogP contribution >= 0.6 is 0 Å². The number of nitrogens with zero attached hydrogens (tertiary/aromatic N) is 2. The minimum Gasteiger partial charge on any atom is -0.404 e. The predicted molar refractivity (Wildman–Crippen MR) is 138 cm³/mol. The lowest BCUT2D eigenvalue weighted by Crippen LogP contribution is -2.24. The minimum atomic E-state index is -4.66. The molecule has 4 rings (SSSR count). The number of nitrogens with two attached hydrogens (primary N) is 1. The summed E-state index contributed by atoms with van der Waals surface area (Å²) in [6.45, 7) is -0.712. The molecule has 4 N–H and O–H groups in total. The third-order valence-corrected chi connectivity index (χ3v) is 7.32. The smallest absolute Gasteiger partial charge is 0.404 e. The Balaban J connectivity index is 1.64. The average molecular weight is 578 g/mol. The molecule has 0 amide bonds. The van der Waals surface area contributed by atoms with Crippen LogP contribution in [0.3, 0.4) is 0 Å². The molecular weight excluding hydrogens is 557 g/mol. The van der Waals surface area contributed by atoms with Crippen molar-refractivity contribution >= 4 is 38.6 Å². The van der Waals surface area contributed by atoms with Crippen LogP contribution in [-0.4, -0.2) is 37.4 Å². The number of hydrogen-bond acceptors (Lipinski definition) is 6. The molecule has 0 unspecified atom stereocenters.